The van der Waals surface area contributed by atoms with Gasteiger partial charge in [0.2, 0.25) is 11.6 Å². The second-order valence-electron chi connectivity index (χ2n) is 5.60. The predicted octanol–water partition coefficient (Wildman–Crippen LogP) is 4.84. The normalized spacial score (nSPS) is 11.1. The number of halogens is 2. The minimum absolute atomic E-state index is 0.117. The molecule has 0 aliphatic carbocycles. The molecule has 0 atom stereocenters. The van der Waals surface area contributed by atoms with Gasteiger partial charge in [0.05, 0.1) is 5.52 Å². The second kappa shape index (κ2) is 6.38. The molecule has 4 rings (SSSR count). The molecule has 26 heavy (non-hydrogen) atoms. The van der Waals surface area contributed by atoms with Gasteiger partial charge in [0.1, 0.15) is 17.4 Å². The van der Waals surface area contributed by atoms with E-state index >= 15 is 0 Å². The summed E-state index contributed by atoms with van der Waals surface area (Å²) < 4.78 is 35.3. The van der Waals surface area contributed by atoms with Gasteiger partial charge in [0, 0.05) is 17.0 Å². The molecule has 0 aliphatic rings. The van der Waals surface area contributed by atoms with Gasteiger partial charge in [-0.05, 0) is 43.0 Å². The first-order valence-corrected chi connectivity index (χ1v) is 8.56. The maximum Gasteiger partial charge on any atom is 0.240 e. The number of hydrogen-bond donors (Lipinski definition) is 0. The van der Waals surface area contributed by atoms with E-state index in [0.717, 1.165) is 0 Å². The molecule has 3 heterocycles. The van der Waals surface area contributed by atoms with E-state index in [1.807, 2.05) is 5.38 Å². The van der Waals surface area contributed by atoms with E-state index in [4.69, 9.17) is 4.74 Å². The summed E-state index contributed by atoms with van der Waals surface area (Å²) in [5, 5.41) is 1.81. The number of thiophene rings is 1. The highest BCUT2D eigenvalue weighted by atomic mass is 32.1. The minimum Gasteiger partial charge on any atom is -0.431 e. The van der Waals surface area contributed by atoms with Gasteiger partial charge in [0.25, 0.3) is 0 Å². The third-order valence-electron chi connectivity index (χ3n) is 3.92. The van der Waals surface area contributed by atoms with Crippen molar-refractivity contribution in [3.8, 4) is 22.8 Å². The lowest BCUT2D eigenvalue weighted by molar-refractivity contribution is 0.400. The van der Waals surface area contributed by atoms with E-state index in [-0.39, 0.29) is 5.88 Å². The Morgan fingerprint density at radius 3 is 2.27 bits per heavy atom. The fraction of sp³-hybridized carbons (Fsp3) is 0.111. The number of aryl methyl sites for hydroxylation is 2. The molecule has 130 valence electrons. The summed E-state index contributed by atoms with van der Waals surface area (Å²) in [6, 6.07) is 4.21. The quantitative estimate of drug-likeness (QED) is 0.517. The summed E-state index contributed by atoms with van der Waals surface area (Å²) in [7, 11) is 0. The van der Waals surface area contributed by atoms with E-state index in [0.29, 0.717) is 32.7 Å². The van der Waals surface area contributed by atoms with Crippen molar-refractivity contribution in [1.82, 2.24) is 19.9 Å². The van der Waals surface area contributed by atoms with Gasteiger partial charge in [-0.2, -0.15) is 0 Å². The van der Waals surface area contributed by atoms with Crippen LogP contribution in [0.15, 0.2) is 36.2 Å². The number of aromatic nitrogens is 4. The number of benzene rings is 1. The molecule has 0 amide bonds. The fourth-order valence-corrected chi connectivity index (χ4v) is 3.52. The minimum atomic E-state index is -0.828. The van der Waals surface area contributed by atoms with Crippen molar-refractivity contribution in [3.63, 3.8) is 0 Å². The van der Waals surface area contributed by atoms with Gasteiger partial charge < -0.3 is 4.74 Å². The Hall–Kier alpha value is -3.00. The van der Waals surface area contributed by atoms with Crippen LogP contribution in [0.2, 0.25) is 0 Å². The van der Waals surface area contributed by atoms with Gasteiger partial charge in [-0.3, -0.25) is 0 Å². The van der Waals surface area contributed by atoms with Crippen molar-refractivity contribution < 1.29 is 13.5 Å². The molecule has 0 fully saturated rings. The highest BCUT2D eigenvalue weighted by Crippen LogP contribution is 2.36. The monoisotopic (exact) mass is 370 g/mol. The van der Waals surface area contributed by atoms with Crippen LogP contribution in [0, 0.1) is 25.5 Å². The summed E-state index contributed by atoms with van der Waals surface area (Å²) in [6.07, 6.45) is 2.71. The summed E-state index contributed by atoms with van der Waals surface area (Å²) in [5.74, 6) is -2.04. The number of nitrogens with zero attached hydrogens (tertiary/aromatic N) is 4. The average Bonchev–Trinajstić information content (AvgIpc) is 3.07. The zero-order valence-electron chi connectivity index (χ0n) is 13.8. The molecular weight excluding hydrogens is 358 g/mol. The molecule has 0 radical (unpaired) electrons. The standard InChI is InChI=1S/C18H12F2N4OS/c1-9-15(10(2)22-7-21-9)11-5-12(19)16(13(20)6-11)25-18-17-14(3-4-26-17)23-8-24-18/h3-8H,1-2H3. The third-order valence-corrected chi connectivity index (χ3v) is 4.81. The van der Waals surface area contributed by atoms with Crippen molar-refractivity contribution in [2.45, 2.75) is 13.8 Å². The van der Waals surface area contributed by atoms with Crippen LogP contribution in [0.25, 0.3) is 21.3 Å². The number of ether oxygens (including phenoxy) is 1. The van der Waals surface area contributed by atoms with E-state index in [1.165, 1.54) is 36.1 Å². The van der Waals surface area contributed by atoms with Crippen molar-refractivity contribution in [2.24, 2.45) is 0 Å². The molecule has 0 saturated heterocycles. The molecule has 0 saturated carbocycles. The maximum absolute atomic E-state index is 14.6. The highest BCUT2D eigenvalue weighted by molar-refractivity contribution is 7.17. The Morgan fingerprint density at radius 1 is 0.923 bits per heavy atom. The Bertz CT molecular complexity index is 1090. The van der Waals surface area contributed by atoms with Gasteiger partial charge in [0.15, 0.2) is 11.6 Å². The van der Waals surface area contributed by atoms with Crippen LogP contribution >= 0.6 is 11.3 Å². The molecule has 0 N–H and O–H groups in total. The molecule has 0 unspecified atom stereocenters. The van der Waals surface area contributed by atoms with Crippen molar-refractivity contribution >= 4 is 21.6 Å². The van der Waals surface area contributed by atoms with Crippen LogP contribution in [0.5, 0.6) is 11.6 Å². The average molecular weight is 370 g/mol. The number of rotatable bonds is 3. The topological polar surface area (TPSA) is 60.8 Å². The number of fused-ring (bicyclic) bond motifs is 1. The van der Waals surface area contributed by atoms with Crippen LogP contribution < -0.4 is 4.74 Å². The molecular formula is C18H12F2N4OS. The van der Waals surface area contributed by atoms with E-state index < -0.39 is 17.4 Å². The van der Waals surface area contributed by atoms with Gasteiger partial charge in [-0.1, -0.05) is 0 Å². The third kappa shape index (κ3) is 2.78. The Morgan fingerprint density at radius 2 is 1.58 bits per heavy atom. The van der Waals surface area contributed by atoms with Crippen LogP contribution in [0.1, 0.15) is 11.4 Å². The van der Waals surface area contributed by atoms with Crippen molar-refractivity contribution in [2.75, 3.05) is 0 Å². The Balaban J connectivity index is 1.79. The van der Waals surface area contributed by atoms with E-state index in [2.05, 4.69) is 19.9 Å². The molecule has 0 spiro atoms. The fourth-order valence-electron chi connectivity index (χ4n) is 2.75. The first kappa shape index (κ1) is 16.5. The largest absolute Gasteiger partial charge is 0.431 e. The molecule has 0 aliphatic heterocycles. The van der Waals surface area contributed by atoms with Crippen LogP contribution in [-0.4, -0.2) is 19.9 Å². The summed E-state index contributed by atoms with van der Waals surface area (Å²) in [6.45, 7) is 3.53. The lowest BCUT2D eigenvalue weighted by Crippen LogP contribution is -1.99. The van der Waals surface area contributed by atoms with Gasteiger partial charge in [-0.25, -0.2) is 28.7 Å². The van der Waals surface area contributed by atoms with Crippen molar-refractivity contribution in [1.29, 1.82) is 0 Å². The van der Waals surface area contributed by atoms with E-state index in [9.17, 15) is 8.78 Å². The van der Waals surface area contributed by atoms with Crippen LogP contribution in [0.4, 0.5) is 8.78 Å². The number of hydrogen-bond acceptors (Lipinski definition) is 6. The molecule has 4 aromatic rings. The Labute approximate surface area is 151 Å². The van der Waals surface area contributed by atoms with Crippen molar-refractivity contribution in [3.05, 3.63) is 59.3 Å². The molecule has 0 bridgehead atoms. The summed E-state index contributed by atoms with van der Waals surface area (Å²) >= 11 is 1.34. The lowest BCUT2D eigenvalue weighted by Gasteiger charge is -2.12. The molecule has 3 aromatic heterocycles. The maximum atomic E-state index is 14.6. The predicted molar refractivity (Wildman–Crippen MR) is 94.3 cm³/mol. The Kier molecular flexibility index (Phi) is 4.04. The summed E-state index contributed by atoms with van der Waals surface area (Å²) in [4.78, 5) is 16.3. The summed E-state index contributed by atoms with van der Waals surface area (Å²) in [5.41, 5.74) is 2.89. The van der Waals surface area contributed by atoms with Crippen LogP contribution in [0.3, 0.4) is 0 Å². The zero-order chi connectivity index (χ0) is 18.3. The lowest BCUT2D eigenvalue weighted by atomic mass is 10.0. The first-order valence-electron chi connectivity index (χ1n) is 7.68. The molecule has 1 aromatic carbocycles. The van der Waals surface area contributed by atoms with Crippen LogP contribution in [-0.2, 0) is 0 Å². The smallest absolute Gasteiger partial charge is 0.240 e. The second-order valence-corrected chi connectivity index (χ2v) is 6.52. The highest BCUT2D eigenvalue weighted by Gasteiger charge is 2.19. The zero-order valence-corrected chi connectivity index (χ0v) is 14.6. The van der Waals surface area contributed by atoms with Gasteiger partial charge in [-0.15, -0.1) is 11.3 Å². The molecule has 5 nitrogen and oxygen atoms in total. The molecule has 8 heteroatoms. The SMILES string of the molecule is Cc1ncnc(C)c1-c1cc(F)c(Oc2ncnc3ccsc23)c(F)c1. The first-order chi connectivity index (χ1) is 12.5. The van der Waals surface area contributed by atoms with E-state index in [1.54, 1.807) is 19.9 Å². The van der Waals surface area contributed by atoms with Gasteiger partial charge >= 0.3 is 0 Å².